The van der Waals surface area contributed by atoms with Crippen molar-refractivity contribution < 1.29 is 0 Å². The maximum absolute atomic E-state index is 2.44. The highest BCUT2D eigenvalue weighted by atomic mass is 15.0. The Morgan fingerprint density at radius 1 is 0.210 bits per heavy atom. The molecular weight excluding hydrogens is 749 g/mol. The molecule has 2 nitrogen and oxygen atoms in total. The lowest BCUT2D eigenvalue weighted by Gasteiger charge is -2.11. The summed E-state index contributed by atoms with van der Waals surface area (Å²) in [7, 11) is 0. The third-order valence-electron chi connectivity index (χ3n) is 12.5. The second kappa shape index (κ2) is 14.8. The zero-order chi connectivity index (χ0) is 41.0. The standard InChI is InChI=1S/C60H40N2/c1-5-16-41(17-6-1)43-30-34-49(35-31-43)61-55-36-32-47(39-53(55)59-51(26-14-28-57(59)61)44-20-9-3-10-21-44)48-33-37-56-54(40-48)60-52(45-22-11-4-12-23-45)27-15-29-58(60)62(56)50-25-13-24-46(38-50)42-18-7-2-8-19-42/h1-40H. The highest BCUT2D eigenvalue weighted by Crippen LogP contribution is 2.43. The van der Waals surface area contributed by atoms with Crippen LogP contribution in [-0.2, 0) is 0 Å². The topological polar surface area (TPSA) is 9.86 Å². The number of rotatable bonds is 7. The van der Waals surface area contributed by atoms with Crippen LogP contribution in [0.25, 0.3) is 111 Å². The van der Waals surface area contributed by atoms with E-state index in [1.54, 1.807) is 0 Å². The Hall–Kier alpha value is -8.20. The number of fused-ring (bicyclic) bond motifs is 6. The number of hydrogen-bond donors (Lipinski definition) is 0. The molecule has 0 aliphatic heterocycles. The summed E-state index contributed by atoms with van der Waals surface area (Å²) >= 11 is 0. The summed E-state index contributed by atoms with van der Waals surface area (Å²) in [6, 6.07) is 88.4. The van der Waals surface area contributed by atoms with Crippen LogP contribution in [0.5, 0.6) is 0 Å². The Bertz CT molecular complexity index is 3580. The van der Waals surface area contributed by atoms with Gasteiger partial charge in [0.2, 0.25) is 0 Å². The summed E-state index contributed by atoms with van der Waals surface area (Å²) < 4.78 is 4.88. The van der Waals surface area contributed by atoms with Crippen molar-refractivity contribution in [3.63, 3.8) is 0 Å². The van der Waals surface area contributed by atoms with Crippen LogP contribution < -0.4 is 0 Å². The first-order valence-electron chi connectivity index (χ1n) is 21.3. The number of hydrogen-bond acceptors (Lipinski definition) is 0. The Kier molecular flexibility index (Phi) is 8.53. The summed E-state index contributed by atoms with van der Waals surface area (Å²) in [5, 5.41) is 4.97. The first-order chi connectivity index (χ1) is 30.8. The lowest BCUT2D eigenvalue weighted by Crippen LogP contribution is -1.94. The molecule has 0 N–H and O–H groups in total. The summed E-state index contributed by atoms with van der Waals surface area (Å²) in [6.45, 7) is 0. The Morgan fingerprint density at radius 3 is 1.08 bits per heavy atom. The average molecular weight is 789 g/mol. The highest BCUT2D eigenvalue weighted by molar-refractivity contribution is 6.18. The lowest BCUT2D eigenvalue weighted by atomic mass is 9.96. The molecule has 2 aromatic heterocycles. The molecule has 0 fully saturated rings. The Balaban J connectivity index is 1.08. The zero-order valence-corrected chi connectivity index (χ0v) is 34.0. The van der Waals surface area contributed by atoms with Gasteiger partial charge in [0, 0.05) is 32.9 Å². The van der Waals surface area contributed by atoms with E-state index in [4.69, 9.17) is 0 Å². The molecule has 290 valence electrons. The number of nitrogens with zero attached hydrogens (tertiary/aromatic N) is 2. The van der Waals surface area contributed by atoms with Crippen molar-refractivity contribution in [3.8, 4) is 67.0 Å². The first-order valence-corrected chi connectivity index (χ1v) is 21.3. The monoisotopic (exact) mass is 788 g/mol. The van der Waals surface area contributed by atoms with E-state index >= 15 is 0 Å². The quantitative estimate of drug-likeness (QED) is 0.152. The molecule has 0 amide bonds. The van der Waals surface area contributed by atoms with Crippen LogP contribution in [-0.4, -0.2) is 9.13 Å². The number of aromatic nitrogens is 2. The average Bonchev–Trinajstić information content (AvgIpc) is 3.87. The molecule has 0 saturated carbocycles. The van der Waals surface area contributed by atoms with Crippen molar-refractivity contribution in [2.45, 2.75) is 0 Å². The van der Waals surface area contributed by atoms with E-state index in [1.807, 2.05) is 0 Å². The predicted molar refractivity (Wildman–Crippen MR) is 262 cm³/mol. The molecule has 12 aromatic rings. The van der Waals surface area contributed by atoms with Crippen molar-refractivity contribution >= 4 is 43.6 Å². The van der Waals surface area contributed by atoms with Crippen LogP contribution in [0.1, 0.15) is 0 Å². The van der Waals surface area contributed by atoms with Crippen LogP contribution in [0.3, 0.4) is 0 Å². The fourth-order valence-corrected chi connectivity index (χ4v) is 9.66. The third-order valence-corrected chi connectivity index (χ3v) is 12.5. The second-order valence-corrected chi connectivity index (χ2v) is 16.1. The van der Waals surface area contributed by atoms with Gasteiger partial charge in [0.05, 0.1) is 22.1 Å². The minimum Gasteiger partial charge on any atom is -0.309 e. The molecule has 0 atom stereocenters. The van der Waals surface area contributed by atoms with Gasteiger partial charge < -0.3 is 9.13 Å². The smallest absolute Gasteiger partial charge is 0.0547 e. The molecule has 0 aliphatic carbocycles. The molecule has 0 spiro atoms. The molecule has 2 heteroatoms. The molecule has 0 unspecified atom stereocenters. The Morgan fingerprint density at radius 2 is 0.581 bits per heavy atom. The van der Waals surface area contributed by atoms with Gasteiger partial charge in [-0.25, -0.2) is 0 Å². The molecule has 10 aromatic carbocycles. The van der Waals surface area contributed by atoms with E-state index in [9.17, 15) is 0 Å². The van der Waals surface area contributed by atoms with Crippen molar-refractivity contribution in [1.82, 2.24) is 9.13 Å². The van der Waals surface area contributed by atoms with Crippen LogP contribution in [0, 0.1) is 0 Å². The van der Waals surface area contributed by atoms with E-state index in [2.05, 4.69) is 252 Å². The van der Waals surface area contributed by atoms with Crippen LogP contribution in [0.4, 0.5) is 0 Å². The molecule has 0 aliphatic rings. The normalized spacial score (nSPS) is 11.5. The lowest BCUT2D eigenvalue weighted by molar-refractivity contribution is 1.18. The van der Waals surface area contributed by atoms with Gasteiger partial charge in [-0.2, -0.15) is 0 Å². The van der Waals surface area contributed by atoms with E-state index in [-0.39, 0.29) is 0 Å². The van der Waals surface area contributed by atoms with Gasteiger partial charge in [-0.15, -0.1) is 0 Å². The van der Waals surface area contributed by atoms with Gasteiger partial charge in [-0.1, -0.05) is 182 Å². The highest BCUT2D eigenvalue weighted by Gasteiger charge is 2.20. The van der Waals surface area contributed by atoms with Crippen molar-refractivity contribution in [2.75, 3.05) is 0 Å². The van der Waals surface area contributed by atoms with Crippen LogP contribution in [0.2, 0.25) is 0 Å². The number of benzene rings is 10. The van der Waals surface area contributed by atoms with Crippen molar-refractivity contribution in [2.24, 2.45) is 0 Å². The predicted octanol–water partition coefficient (Wildman–Crippen LogP) is 16.2. The molecule has 0 radical (unpaired) electrons. The fraction of sp³-hybridized carbons (Fsp3) is 0. The van der Waals surface area contributed by atoms with Gasteiger partial charge >= 0.3 is 0 Å². The van der Waals surface area contributed by atoms with Gasteiger partial charge in [-0.3, -0.25) is 0 Å². The summed E-state index contributed by atoms with van der Waals surface area (Å²) in [5.74, 6) is 0. The van der Waals surface area contributed by atoms with E-state index in [1.165, 1.54) is 99.2 Å². The molecule has 0 saturated heterocycles. The summed E-state index contributed by atoms with van der Waals surface area (Å²) in [4.78, 5) is 0. The maximum Gasteiger partial charge on any atom is 0.0547 e. The van der Waals surface area contributed by atoms with E-state index in [0.29, 0.717) is 0 Å². The zero-order valence-electron chi connectivity index (χ0n) is 34.0. The van der Waals surface area contributed by atoms with Gasteiger partial charge in [-0.05, 0) is 116 Å². The van der Waals surface area contributed by atoms with Crippen LogP contribution in [0.15, 0.2) is 243 Å². The van der Waals surface area contributed by atoms with Gasteiger partial charge in [0.15, 0.2) is 0 Å². The summed E-state index contributed by atoms with van der Waals surface area (Å²) in [5.41, 5.74) is 19.1. The van der Waals surface area contributed by atoms with Gasteiger partial charge in [0.1, 0.15) is 0 Å². The van der Waals surface area contributed by atoms with Crippen molar-refractivity contribution in [3.05, 3.63) is 243 Å². The first kappa shape index (κ1) is 35.7. The Labute approximate surface area is 360 Å². The molecule has 0 bridgehead atoms. The van der Waals surface area contributed by atoms with Gasteiger partial charge in [0.25, 0.3) is 0 Å². The third kappa shape index (κ3) is 5.96. The maximum atomic E-state index is 2.44. The van der Waals surface area contributed by atoms with E-state index < -0.39 is 0 Å². The van der Waals surface area contributed by atoms with Crippen molar-refractivity contribution in [1.29, 1.82) is 0 Å². The largest absolute Gasteiger partial charge is 0.309 e. The molecule has 12 rings (SSSR count). The fourth-order valence-electron chi connectivity index (χ4n) is 9.66. The second-order valence-electron chi connectivity index (χ2n) is 16.1. The van der Waals surface area contributed by atoms with E-state index in [0.717, 1.165) is 11.4 Å². The summed E-state index contributed by atoms with van der Waals surface area (Å²) in [6.07, 6.45) is 0. The van der Waals surface area contributed by atoms with Crippen LogP contribution >= 0.6 is 0 Å². The minimum atomic E-state index is 1.14. The minimum absolute atomic E-state index is 1.14. The molecule has 2 heterocycles. The molecule has 62 heavy (non-hydrogen) atoms. The molecular formula is C60H40N2. The SMILES string of the molecule is c1ccc(-c2ccc(-n3c4ccc(-c5ccc6c(c5)c5c(-c7ccccc7)cccc5n6-c5cccc(-c6ccccc6)c5)cc4c4c(-c5ccccc5)cccc43)cc2)cc1.